The van der Waals surface area contributed by atoms with E-state index < -0.39 is 10.0 Å². The van der Waals surface area contributed by atoms with Crippen LogP contribution in [0.1, 0.15) is 11.1 Å². The van der Waals surface area contributed by atoms with Crippen LogP contribution in [0, 0.1) is 0 Å². The van der Waals surface area contributed by atoms with Crippen molar-refractivity contribution in [1.29, 1.82) is 0 Å². The van der Waals surface area contributed by atoms with E-state index in [1.165, 1.54) is 0 Å². The van der Waals surface area contributed by atoms with Crippen LogP contribution in [0.25, 0.3) is 4.91 Å². The molecule has 0 aliphatic heterocycles. The minimum absolute atomic E-state index is 0.188. The number of benzene rings is 1. The molecule has 0 bridgehead atoms. The molecule has 1 aromatic carbocycles. The molecule has 6 heteroatoms. The minimum atomic E-state index is -3.90. The van der Waals surface area contributed by atoms with E-state index in [1.54, 1.807) is 24.3 Å². The number of aldehydes is 1. The molecule has 5 nitrogen and oxygen atoms in total. The second-order valence-corrected chi connectivity index (χ2v) is 4.98. The molecule has 0 atom stereocenters. The van der Waals surface area contributed by atoms with E-state index in [1.807, 2.05) is 0 Å². The van der Waals surface area contributed by atoms with E-state index in [-0.39, 0.29) is 4.91 Å². The minimum Gasteiger partial charge on any atom is -0.330 e. The van der Waals surface area contributed by atoms with Gasteiger partial charge in [-0.15, -0.1) is 0 Å². The third-order valence-electron chi connectivity index (χ3n) is 2.20. The van der Waals surface area contributed by atoms with Crippen molar-refractivity contribution in [1.82, 2.24) is 0 Å². The van der Waals surface area contributed by atoms with E-state index in [2.05, 4.69) is 0 Å². The van der Waals surface area contributed by atoms with Crippen LogP contribution in [0.4, 0.5) is 0 Å². The summed E-state index contributed by atoms with van der Waals surface area (Å²) < 4.78 is 22.5. The molecular formula is C11H14N2O3S. The highest BCUT2D eigenvalue weighted by Gasteiger charge is 2.13. The smallest absolute Gasteiger partial charge is 0.238 e. The number of carbonyl (C=O) groups excluding carboxylic acids is 1. The average Bonchev–Trinajstić information content (AvgIpc) is 2.26. The Morgan fingerprint density at radius 3 is 2.24 bits per heavy atom. The Kier molecular flexibility index (Phi) is 4.56. The van der Waals surface area contributed by atoms with Gasteiger partial charge in [-0.25, -0.2) is 13.6 Å². The van der Waals surface area contributed by atoms with Crippen molar-refractivity contribution in [2.24, 2.45) is 10.9 Å². The number of rotatable bonds is 5. The van der Waals surface area contributed by atoms with Crippen LogP contribution in [0.3, 0.4) is 0 Å². The average molecular weight is 254 g/mol. The first-order valence-corrected chi connectivity index (χ1v) is 6.51. The molecule has 17 heavy (non-hydrogen) atoms. The van der Waals surface area contributed by atoms with Gasteiger partial charge in [-0.2, -0.15) is 0 Å². The fourth-order valence-corrected chi connectivity index (χ4v) is 2.13. The zero-order chi connectivity index (χ0) is 12.9. The van der Waals surface area contributed by atoms with Gasteiger partial charge < -0.3 is 5.73 Å². The third-order valence-corrected chi connectivity index (χ3v) is 3.18. The van der Waals surface area contributed by atoms with Crippen LogP contribution in [0.5, 0.6) is 0 Å². The van der Waals surface area contributed by atoms with Gasteiger partial charge in [0, 0.05) is 0 Å². The molecule has 0 aromatic heterocycles. The van der Waals surface area contributed by atoms with Crippen LogP contribution in [-0.4, -0.2) is 21.2 Å². The zero-order valence-electron chi connectivity index (χ0n) is 9.17. The highest BCUT2D eigenvalue weighted by molar-refractivity contribution is 7.98. The van der Waals surface area contributed by atoms with E-state index in [0.717, 1.165) is 11.6 Å². The monoisotopic (exact) mass is 254 g/mol. The molecule has 0 heterocycles. The Morgan fingerprint density at radius 1 is 1.24 bits per heavy atom. The summed E-state index contributed by atoms with van der Waals surface area (Å²) in [6, 6.07) is 6.72. The Morgan fingerprint density at radius 2 is 1.82 bits per heavy atom. The van der Waals surface area contributed by atoms with Crippen LogP contribution < -0.4 is 10.9 Å². The van der Waals surface area contributed by atoms with Crippen molar-refractivity contribution in [2.45, 2.75) is 6.42 Å². The lowest BCUT2D eigenvalue weighted by Gasteiger charge is -2.05. The summed E-state index contributed by atoms with van der Waals surface area (Å²) in [5.74, 6) is 0. The molecule has 0 spiro atoms. The van der Waals surface area contributed by atoms with Gasteiger partial charge in [0.2, 0.25) is 10.0 Å². The lowest BCUT2D eigenvalue weighted by atomic mass is 10.1. The van der Waals surface area contributed by atoms with Gasteiger partial charge in [-0.1, -0.05) is 24.3 Å². The normalized spacial score (nSPS) is 12.5. The van der Waals surface area contributed by atoms with Gasteiger partial charge in [-0.3, -0.25) is 4.79 Å². The number of sulfonamides is 1. The summed E-state index contributed by atoms with van der Waals surface area (Å²) in [5.41, 5.74) is 6.79. The molecule has 0 fully saturated rings. The molecule has 0 amide bonds. The molecule has 1 aromatic rings. The fraction of sp³-hybridized carbons (Fsp3) is 0.182. The zero-order valence-corrected chi connectivity index (χ0v) is 9.98. The molecule has 0 radical (unpaired) electrons. The molecule has 0 unspecified atom stereocenters. The van der Waals surface area contributed by atoms with Gasteiger partial charge in [0.05, 0.1) is 4.91 Å². The standard InChI is InChI=1S/C11H14N2O3S/c12-7-5-9-1-3-10(4-2-9)11(6-8-14)17(13,15)16/h1-4,6,8H,5,7,12H2,(H2,13,15,16)/b11-6-. The SMILES string of the molecule is NCCc1ccc(/C(=C/C=O)S(N)(=O)=O)cc1. The summed E-state index contributed by atoms with van der Waals surface area (Å²) in [6.45, 7) is 0.519. The Balaban J connectivity index is 3.14. The number of allylic oxidation sites excluding steroid dienone is 1. The van der Waals surface area contributed by atoms with Gasteiger partial charge in [0.25, 0.3) is 0 Å². The summed E-state index contributed by atoms with van der Waals surface area (Å²) >= 11 is 0. The maximum absolute atomic E-state index is 11.3. The number of primary sulfonamides is 1. The molecule has 0 saturated carbocycles. The predicted octanol–water partition coefficient (Wildman–Crippen LogP) is 0.0161. The van der Waals surface area contributed by atoms with Crippen molar-refractivity contribution in [3.8, 4) is 0 Å². The van der Waals surface area contributed by atoms with Crippen molar-refractivity contribution in [3.05, 3.63) is 41.5 Å². The molecule has 0 aliphatic rings. The summed E-state index contributed by atoms with van der Waals surface area (Å²) in [4.78, 5) is 10.2. The summed E-state index contributed by atoms with van der Waals surface area (Å²) in [6.07, 6.45) is 2.04. The number of nitrogens with two attached hydrogens (primary N) is 2. The lowest BCUT2D eigenvalue weighted by molar-refractivity contribution is -0.104. The molecule has 1 rings (SSSR count). The largest absolute Gasteiger partial charge is 0.330 e. The van der Waals surface area contributed by atoms with E-state index in [9.17, 15) is 13.2 Å². The maximum Gasteiger partial charge on any atom is 0.238 e. The highest BCUT2D eigenvalue weighted by Crippen LogP contribution is 2.18. The molecular weight excluding hydrogens is 240 g/mol. The fourth-order valence-electron chi connectivity index (χ4n) is 1.42. The second-order valence-electron chi connectivity index (χ2n) is 3.45. The second kappa shape index (κ2) is 5.72. The Bertz CT molecular complexity index is 518. The quantitative estimate of drug-likeness (QED) is 0.571. The highest BCUT2D eigenvalue weighted by atomic mass is 32.2. The van der Waals surface area contributed by atoms with E-state index in [0.29, 0.717) is 24.8 Å². The molecule has 0 aliphatic carbocycles. The van der Waals surface area contributed by atoms with Crippen LogP contribution in [0.15, 0.2) is 30.3 Å². The van der Waals surface area contributed by atoms with Gasteiger partial charge in [0.15, 0.2) is 0 Å². The summed E-state index contributed by atoms with van der Waals surface area (Å²) in [5, 5.41) is 5.02. The summed E-state index contributed by atoms with van der Waals surface area (Å²) in [7, 11) is -3.90. The first-order valence-electron chi connectivity index (χ1n) is 4.96. The molecule has 92 valence electrons. The predicted molar refractivity (Wildman–Crippen MR) is 66.3 cm³/mol. The van der Waals surface area contributed by atoms with Crippen LogP contribution in [-0.2, 0) is 21.2 Å². The van der Waals surface area contributed by atoms with E-state index in [4.69, 9.17) is 10.9 Å². The number of carbonyl (C=O) groups is 1. The molecule has 4 N–H and O–H groups in total. The number of hydrogen-bond donors (Lipinski definition) is 2. The van der Waals surface area contributed by atoms with Crippen LogP contribution in [0.2, 0.25) is 0 Å². The first-order chi connectivity index (χ1) is 7.99. The topological polar surface area (TPSA) is 103 Å². The van der Waals surface area contributed by atoms with Crippen LogP contribution >= 0.6 is 0 Å². The van der Waals surface area contributed by atoms with Gasteiger partial charge >= 0.3 is 0 Å². The van der Waals surface area contributed by atoms with Gasteiger partial charge in [-0.05, 0) is 30.2 Å². The Hall–Kier alpha value is -1.50. The van der Waals surface area contributed by atoms with Crippen molar-refractivity contribution in [3.63, 3.8) is 0 Å². The molecule has 0 saturated heterocycles. The van der Waals surface area contributed by atoms with Crippen molar-refractivity contribution < 1.29 is 13.2 Å². The number of hydrogen-bond acceptors (Lipinski definition) is 4. The lowest BCUT2D eigenvalue weighted by Crippen LogP contribution is -2.14. The Labute approximate surface area is 100 Å². The maximum atomic E-state index is 11.3. The van der Waals surface area contributed by atoms with Crippen molar-refractivity contribution in [2.75, 3.05) is 6.54 Å². The van der Waals surface area contributed by atoms with Crippen molar-refractivity contribution >= 4 is 21.2 Å². The third kappa shape index (κ3) is 3.77. The van der Waals surface area contributed by atoms with Gasteiger partial charge in [0.1, 0.15) is 6.29 Å². The first kappa shape index (κ1) is 13.6. The van der Waals surface area contributed by atoms with E-state index >= 15 is 0 Å².